The highest BCUT2D eigenvalue weighted by molar-refractivity contribution is 5.68. The Morgan fingerprint density at radius 3 is 2.54 bits per heavy atom. The minimum atomic E-state index is -0.444. The fourth-order valence-electron chi connectivity index (χ4n) is 2.78. The van der Waals surface area contributed by atoms with Gasteiger partial charge in [0.05, 0.1) is 6.61 Å². The normalized spacial score (nSPS) is 16.1. The van der Waals surface area contributed by atoms with Crippen LogP contribution in [-0.2, 0) is 11.3 Å². The van der Waals surface area contributed by atoms with Gasteiger partial charge < -0.3 is 20.1 Å². The molecule has 1 saturated heterocycles. The minimum absolute atomic E-state index is 0.217. The molecule has 1 amide bonds. The van der Waals surface area contributed by atoms with Crippen LogP contribution in [0.1, 0.15) is 44.7 Å². The Labute approximate surface area is 145 Å². The van der Waals surface area contributed by atoms with E-state index < -0.39 is 5.60 Å². The van der Waals surface area contributed by atoms with Crippen LogP contribution in [0.15, 0.2) is 18.2 Å². The maximum atomic E-state index is 12.1. The lowest BCUT2D eigenvalue weighted by molar-refractivity contribution is 0.0165. The molecule has 5 nitrogen and oxygen atoms in total. The summed E-state index contributed by atoms with van der Waals surface area (Å²) in [5.41, 5.74) is 7.53. The molecule has 1 aromatic rings. The molecule has 0 spiro atoms. The molecule has 1 aliphatic heterocycles. The zero-order chi connectivity index (χ0) is 17.7. The topological polar surface area (TPSA) is 64.8 Å². The summed E-state index contributed by atoms with van der Waals surface area (Å²) < 4.78 is 11.4. The molecule has 0 aliphatic carbocycles. The van der Waals surface area contributed by atoms with Gasteiger partial charge in [0.1, 0.15) is 11.4 Å². The molecule has 0 aromatic heterocycles. The summed E-state index contributed by atoms with van der Waals surface area (Å²) in [5, 5.41) is 0. The molecule has 0 unspecified atom stereocenters. The van der Waals surface area contributed by atoms with Crippen molar-refractivity contribution < 1.29 is 14.3 Å². The summed E-state index contributed by atoms with van der Waals surface area (Å²) in [6.45, 7) is 10.3. The van der Waals surface area contributed by atoms with Crippen LogP contribution in [0.2, 0.25) is 0 Å². The molecule has 0 radical (unpaired) electrons. The Balaban J connectivity index is 1.81. The van der Waals surface area contributed by atoms with Gasteiger partial charge in [0.25, 0.3) is 0 Å². The molecule has 1 heterocycles. The largest absolute Gasteiger partial charge is 0.493 e. The highest BCUT2D eigenvalue weighted by Crippen LogP contribution is 2.24. The van der Waals surface area contributed by atoms with E-state index in [1.807, 2.05) is 45.9 Å². The van der Waals surface area contributed by atoms with Crippen LogP contribution in [0.25, 0.3) is 0 Å². The lowest BCUT2D eigenvalue weighted by Crippen LogP contribution is -2.42. The van der Waals surface area contributed by atoms with Crippen LogP contribution in [0.3, 0.4) is 0 Å². The van der Waals surface area contributed by atoms with Crippen molar-refractivity contribution in [2.24, 2.45) is 11.7 Å². The molecular weight excluding hydrogens is 304 g/mol. The van der Waals surface area contributed by atoms with E-state index in [1.165, 1.54) is 5.56 Å². The second-order valence-corrected chi connectivity index (χ2v) is 7.54. The number of likely N-dealkylation sites (tertiary alicyclic amines) is 1. The van der Waals surface area contributed by atoms with Crippen LogP contribution in [0.4, 0.5) is 4.79 Å². The Hall–Kier alpha value is -1.75. The standard InChI is InChI=1S/C19H30N2O3/c1-14-5-6-16(12-20)17(11-14)23-13-15-7-9-21(10-8-15)18(22)24-19(2,3)4/h5-6,11,15H,7-10,12-13,20H2,1-4H3. The number of aryl methyl sites for hydroxylation is 1. The molecule has 5 heteroatoms. The van der Waals surface area contributed by atoms with Gasteiger partial charge in [0.15, 0.2) is 0 Å². The highest BCUT2D eigenvalue weighted by atomic mass is 16.6. The Morgan fingerprint density at radius 2 is 1.96 bits per heavy atom. The average Bonchev–Trinajstić information content (AvgIpc) is 2.52. The molecule has 24 heavy (non-hydrogen) atoms. The molecule has 2 rings (SSSR count). The fraction of sp³-hybridized carbons (Fsp3) is 0.632. The van der Waals surface area contributed by atoms with Crippen molar-refractivity contribution in [3.63, 3.8) is 0 Å². The van der Waals surface area contributed by atoms with Crippen molar-refractivity contribution in [2.45, 2.75) is 52.7 Å². The molecule has 0 atom stereocenters. The molecule has 1 aliphatic rings. The molecule has 1 fully saturated rings. The number of hydrogen-bond donors (Lipinski definition) is 1. The van der Waals surface area contributed by atoms with E-state index in [0.717, 1.165) is 37.2 Å². The maximum absolute atomic E-state index is 12.1. The quantitative estimate of drug-likeness (QED) is 0.915. The van der Waals surface area contributed by atoms with Gasteiger partial charge in [-0.3, -0.25) is 0 Å². The summed E-state index contributed by atoms with van der Waals surface area (Å²) in [5.74, 6) is 1.34. The number of ether oxygens (including phenoxy) is 2. The van der Waals surface area contributed by atoms with Gasteiger partial charge in [-0.25, -0.2) is 4.79 Å². The third-order valence-electron chi connectivity index (χ3n) is 4.18. The number of nitrogens with zero attached hydrogens (tertiary/aromatic N) is 1. The number of carbonyl (C=O) groups is 1. The summed E-state index contributed by atoms with van der Waals surface area (Å²) in [6, 6.07) is 6.11. The van der Waals surface area contributed by atoms with Crippen molar-refractivity contribution in [3.8, 4) is 5.75 Å². The molecule has 2 N–H and O–H groups in total. The van der Waals surface area contributed by atoms with E-state index in [1.54, 1.807) is 4.90 Å². The number of rotatable bonds is 4. The number of nitrogens with two attached hydrogens (primary N) is 1. The molecule has 0 saturated carbocycles. The Bertz CT molecular complexity index is 558. The van der Waals surface area contributed by atoms with E-state index in [-0.39, 0.29) is 6.09 Å². The van der Waals surface area contributed by atoms with Gasteiger partial charge in [0, 0.05) is 25.2 Å². The third-order valence-corrected chi connectivity index (χ3v) is 4.18. The number of benzene rings is 1. The zero-order valence-corrected chi connectivity index (χ0v) is 15.3. The monoisotopic (exact) mass is 334 g/mol. The Kier molecular flexibility index (Phi) is 6.10. The number of piperidine rings is 1. The second kappa shape index (κ2) is 7.88. The first kappa shape index (κ1) is 18.6. The smallest absolute Gasteiger partial charge is 0.410 e. The molecule has 1 aromatic carbocycles. The molecular formula is C19H30N2O3. The van der Waals surface area contributed by atoms with Crippen LogP contribution < -0.4 is 10.5 Å². The van der Waals surface area contributed by atoms with Crippen molar-refractivity contribution in [1.82, 2.24) is 4.90 Å². The van der Waals surface area contributed by atoms with Gasteiger partial charge in [0.2, 0.25) is 0 Å². The lowest BCUT2D eigenvalue weighted by atomic mass is 9.98. The maximum Gasteiger partial charge on any atom is 0.410 e. The molecule has 134 valence electrons. The highest BCUT2D eigenvalue weighted by Gasteiger charge is 2.27. The predicted octanol–water partition coefficient (Wildman–Crippen LogP) is 3.48. The van der Waals surface area contributed by atoms with Gasteiger partial charge in [-0.2, -0.15) is 0 Å². The summed E-state index contributed by atoms with van der Waals surface area (Å²) >= 11 is 0. The van der Waals surface area contributed by atoms with Crippen LogP contribution in [0.5, 0.6) is 5.75 Å². The zero-order valence-electron chi connectivity index (χ0n) is 15.3. The summed E-state index contributed by atoms with van der Waals surface area (Å²) in [7, 11) is 0. The van der Waals surface area contributed by atoms with Gasteiger partial charge in [-0.05, 0) is 58.1 Å². The summed E-state index contributed by atoms with van der Waals surface area (Å²) in [6.07, 6.45) is 1.65. The van der Waals surface area contributed by atoms with E-state index in [2.05, 4.69) is 0 Å². The average molecular weight is 334 g/mol. The van der Waals surface area contributed by atoms with Gasteiger partial charge in [-0.1, -0.05) is 12.1 Å². The van der Waals surface area contributed by atoms with E-state index in [9.17, 15) is 4.79 Å². The fourth-order valence-corrected chi connectivity index (χ4v) is 2.78. The summed E-state index contributed by atoms with van der Waals surface area (Å²) in [4.78, 5) is 13.9. The van der Waals surface area contributed by atoms with Gasteiger partial charge in [-0.15, -0.1) is 0 Å². The van der Waals surface area contributed by atoms with E-state index in [4.69, 9.17) is 15.2 Å². The first-order chi connectivity index (χ1) is 11.3. The number of carbonyl (C=O) groups excluding carboxylic acids is 1. The second-order valence-electron chi connectivity index (χ2n) is 7.54. The molecule has 0 bridgehead atoms. The van der Waals surface area contributed by atoms with Crippen molar-refractivity contribution in [3.05, 3.63) is 29.3 Å². The third kappa shape index (κ3) is 5.41. The lowest BCUT2D eigenvalue weighted by Gasteiger charge is -2.33. The van der Waals surface area contributed by atoms with Crippen molar-refractivity contribution >= 4 is 6.09 Å². The van der Waals surface area contributed by atoms with Crippen molar-refractivity contribution in [2.75, 3.05) is 19.7 Å². The first-order valence-corrected chi connectivity index (χ1v) is 8.69. The van der Waals surface area contributed by atoms with Crippen molar-refractivity contribution in [1.29, 1.82) is 0 Å². The predicted molar refractivity (Wildman–Crippen MR) is 95.1 cm³/mol. The Morgan fingerprint density at radius 1 is 1.29 bits per heavy atom. The van der Waals surface area contributed by atoms with E-state index >= 15 is 0 Å². The van der Waals surface area contributed by atoms with Crippen LogP contribution in [-0.4, -0.2) is 36.3 Å². The minimum Gasteiger partial charge on any atom is -0.493 e. The SMILES string of the molecule is Cc1ccc(CN)c(OCC2CCN(C(=O)OC(C)(C)C)CC2)c1. The van der Waals surface area contributed by atoms with E-state index in [0.29, 0.717) is 19.1 Å². The number of hydrogen-bond acceptors (Lipinski definition) is 4. The first-order valence-electron chi connectivity index (χ1n) is 8.69. The number of amides is 1. The van der Waals surface area contributed by atoms with Gasteiger partial charge >= 0.3 is 6.09 Å². The van der Waals surface area contributed by atoms with Crippen LogP contribution in [0, 0.1) is 12.8 Å². The van der Waals surface area contributed by atoms with Crippen LogP contribution >= 0.6 is 0 Å².